The number of rotatable bonds is 10. The molecule has 1 aliphatic rings. The van der Waals surface area contributed by atoms with Crippen molar-refractivity contribution in [2.75, 3.05) is 39.3 Å². The van der Waals surface area contributed by atoms with Gasteiger partial charge in [0.1, 0.15) is 6.61 Å². The molecule has 148 valence electrons. The molecule has 1 atom stereocenters. The van der Waals surface area contributed by atoms with Crippen LogP contribution in [0.5, 0.6) is 0 Å². The first kappa shape index (κ1) is 20.9. The molecule has 1 fully saturated rings. The minimum absolute atomic E-state index is 0.0995. The second-order valence-corrected chi connectivity index (χ2v) is 6.41. The number of unbranched alkanes of at least 4 members (excludes halogenated alkanes) is 1. The Balaban J connectivity index is 1.67. The Bertz CT molecular complexity index is 603. The fourth-order valence-electron chi connectivity index (χ4n) is 2.88. The van der Waals surface area contributed by atoms with Gasteiger partial charge in [-0.2, -0.15) is 0 Å². The van der Waals surface area contributed by atoms with Crippen LogP contribution in [-0.4, -0.2) is 73.5 Å². The topological polar surface area (TPSA) is 102 Å². The van der Waals surface area contributed by atoms with Crippen molar-refractivity contribution < 1.29 is 23.9 Å². The number of hydrogen-bond donors (Lipinski definition) is 1. The van der Waals surface area contributed by atoms with Gasteiger partial charge in [-0.25, -0.2) is 4.79 Å². The number of hydrogen-bond acceptors (Lipinski definition) is 7. The van der Waals surface area contributed by atoms with Crippen LogP contribution in [0, 0.1) is 0 Å². The molecule has 2 N–H and O–H groups in total. The number of esters is 1. The molecule has 0 bridgehead atoms. The Morgan fingerprint density at radius 2 is 1.81 bits per heavy atom. The van der Waals surface area contributed by atoms with Crippen LogP contribution < -0.4 is 5.73 Å². The number of carbonyl (C=O) groups is 3. The van der Waals surface area contributed by atoms with E-state index in [0.29, 0.717) is 26.2 Å². The molecule has 0 radical (unpaired) electrons. The van der Waals surface area contributed by atoms with Crippen LogP contribution in [0.2, 0.25) is 0 Å². The quantitative estimate of drug-likeness (QED) is 0.268. The van der Waals surface area contributed by atoms with E-state index in [4.69, 9.17) is 10.5 Å². The lowest BCUT2D eigenvalue weighted by molar-refractivity contribution is -0.153. The summed E-state index contributed by atoms with van der Waals surface area (Å²) in [5.41, 5.74) is 6.64. The second-order valence-electron chi connectivity index (χ2n) is 6.41. The van der Waals surface area contributed by atoms with E-state index < -0.39 is 17.9 Å². The minimum Gasteiger partial charge on any atom is -0.468 e. The molecule has 2 rings (SSSR count). The van der Waals surface area contributed by atoms with Crippen LogP contribution in [0.15, 0.2) is 30.3 Å². The van der Waals surface area contributed by atoms with Crippen LogP contribution in [-0.2, 0) is 30.5 Å². The lowest BCUT2D eigenvalue weighted by atomic mass is 10.2. The average molecular weight is 377 g/mol. The number of amides is 1. The van der Waals surface area contributed by atoms with Crippen LogP contribution in [0.1, 0.15) is 18.4 Å². The van der Waals surface area contributed by atoms with E-state index in [2.05, 4.69) is 9.64 Å². The van der Waals surface area contributed by atoms with Crippen molar-refractivity contribution in [3.63, 3.8) is 0 Å². The van der Waals surface area contributed by atoms with E-state index in [1.807, 2.05) is 30.3 Å². The number of nitrogens with zero attached hydrogens (tertiary/aromatic N) is 2. The first-order valence-corrected chi connectivity index (χ1v) is 9.14. The smallest absolute Gasteiger partial charge is 0.333 e. The van der Waals surface area contributed by atoms with Gasteiger partial charge in [-0.1, -0.05) is 30.3 Å². The lowest BCUT2D eigenvalue weighted by Crippen LogP contribution is -2.55. The maximum absolute atomic E-state index is 12.4. The highest BCUT2D eigenvalue weighted by molar-refractivity contribution is 6.01. The molecule has 1 saturated heterocycles. The van der Waals surface area contributed by atoms with Crippen molar-refractivity contribution in [1.82, 2.24) is 9.80 Å². The zero-order valence-electron chi connectivity index (χ0n) is 15.4. The summed E-state index contributed by atoms with van der Waals surface area (Å²) in [5.74, 6) is -1.10. The van der Waals surface area contributed by atoms with E-state index in [1.54, 1.807) is 4.90 Å². The molecule has 1 aliphatic heterocycles. The summed E-state index contributed by atoms with van der Waals surface area (Å²) in [6.07, 6.45) is 1.74. The van der Waals surface area contributed by atoms with Gasteiger partial charge in [0.2, 0.25) is 0 Å². The molecule has 27 heavy (non-hydrogen) atoms. The molecular weight excluding hydrogens is 350 g/mol. The highest BCUT2D eigenvalue weighted by Crippen LogP contribution is 2.07. The molecule has 1 unspecified atom stereocenters. The fourth-order valence-corrected chi connectivity index (χ4v) is 2.88. The van der Waals surface area contributed by atoms with Gasteiger partial charge in [0.05, 0.1) is 6.61 Å². The van der Waals surface area contributed by atoms with E-state index in [1.165, 1.54) is 0 Å². The summed E-state index contributed by atoms with van der Waals surface area (Å²) in [6.45, 7) is 4.39. The lowest BCUT2D eigenvalue weighted by Gasteiger charge is -2.35. The summed E-state index contributed by atoms with van der Waals surface area (Å²) in [5, 5.41) is 0. The van der Waals surface area contributed by atoms with Crippen molar-refractivity contribution in [3.05, 3.63) is 35.9 Å². The summed E-state index contributed by atoms with van der Waals surface area (Å²) >= 11 is 0. The van der Waals surface area contributed by atoms with E-state index in [-0.39, 0.29) is 6.61 Å². The zero-order valence-corrected chi connectivity index (χ0v) is 15.4. The molecule has 1 heterocycles. The van der Waals surface area contributed by atoms with Gasteiger partial charge in [0.15, 0.2) is 6.04 Å². The SMILES string of the molecule is NC(C(=O)OCc1ccccc1)C(=O)N1CCN(CCCCOC=O)CC1. The molecular formula is C19H27N3O5. The van der Waals surface area contributed by atoms with Crippen molar-refractivity contribution in [2.45, 2.75) is 25.5 Å². The van der Waals surface area contributed by atoms with Crippen molar-refractivity contribution in [3.8, 4) is 0 Å². The standard InChI is InChI=1S/C19H27N3O5/c20-17(19(25)27-14-16-6-2-1-3-7-16)18(24)22-11-9-21(10-12-22)8-4-5-13-26-15-23/h1-3,6-7,15,17H,4-5,8-14,20H2. The van der Waals surface area contributed by atoms with Gasteiger partial charge >= 0.3 is 5.97 Å². The fraction of sp³-hybridized carbons (Fsp3) is 0.526. The number of ether oxygens (including phenoxy) is 2. The van der Waals surface area contributed by atoms with Crippen LogP contribution in [0.3, 0.4) is 0 Å². The molecule has 8 nitrogen and oxygen atoms in total. The van der Waals surface area contributed by atoms with E-state index >= 15 is 0 Å². The zero-order chi connectivity index (χ0) is 19.5. The highest BCUT2D eigenvalue weighted by Gasteiger charge is 2.30. The molecule has 1 aromatic rings. The molecule has 1 aromatic carbocycles. The summed E-state index contributed by atoms with van der Waals surface area (Å²) in [6, 6.07) is 7.96. The van der Waals surface area contributed by atoms with Crippen LogP contribution >= 0.6 is 0 Å². The van der Waals surface area contributed by atoms with Gasteiger partial charge in [-0.05, 0) is 24.9 Å². The van der Waals surface area contributed by atoms with Crippen molar-refractivity contribution >= 4 is 18.3 Å². The Hall–Kier alpha value is -2.45. The van der Waals surface area contributed by atoms with Gasteiger partial charge < -0.3 is 20.1 Å². The summed E-state index contributed by atoms with van der Waals surface area (Å²) in [7, 11) is 0. The Morgan fingerprint density at radius 1 is 1.11 bits per heavy atom. The molecule has 0 saturated carbocycles. The maximum atomic E-state index is 12.4. The monoisotopic (exact) mass is 377 g/mol. The van der Waals surface area contributed by atoms with Crippen molar-refractivity contribution in [1.29, 1.82) is 0 Å². The predicted molar refractivity (Wildman–Crippen MR) is 98.5 cm³/mol. The van der Waals surface area contributed by atoms with Gasteiger partial charge in [0.25, 0.3) is 12.4 Å². The molecule has 8 heteroatoms. The summed E-state index contributed by atoms with van der Waals surface area (Å²) < 4.78 is 9.81. The normalized spacial score (nSPS) is 15.8. The minimum atomic E-state index is -1.29. The molecule has 0 aliphatic carbocycles. The largest absolute Gasteiger partial charge is 0.468 e. The van der Waals surface area contributed by atoms with Gasteiger partial charge in [-0.3, -0.25) is 14.5 Å². The number of benzene rings is 1. The predicted octanol–water partition coefficient (Wildman–Crippen LogP) is 0.155. The van der Waals surface area contributed by atoms with Crippen LogP contribution in [0.25, 0.3) is 0 Å². The number of piperazine rings is 1. The second kappa shape index (κ2) is 11.3. The van der Waals surface area contributed by atoms with E-state index in [9.17, 15) is 14.4 Å². The first-order chi connectivity index (χ1) is 13.1. The molecule has 1 amide bonds. The highest BCUT2D eigenvalue weighted by atomic mass is 16.5. The number of nitrogens with two attached hydrogens (primary N) is 1. The summed E-state index contributed by atoms with van der Waals surface area (Å²) in [4.78, 5) is 38.4. The third kappa shape index (κ3) is 6.99. The molecule has 0 spiro atoms. The third-order valence-electron chi connectivity index (χ3n) is 4.48. The van der Waals surface area contributed by atoms with Gasteiger partial charge in [0, 0.05) is 26.2 Å². The Morgan fingerprint density at radius 3 is 2.48 bits per heavy atom. The van der Waals surface area contributed by atoms with Gasteiger partial charge in [-0.15, -0.1) is 0 Å². The average Bonchev–Trinajstić information content (AvgIpc) is 2.72. The van der Waals surface area contributed by atoms with Crippen LogP contribution in [0.4, 0.5) is 0 Å². The molecule has 0 aromatic heterocycles. The van der Waals surface area contributed by atoms with Crippen molar-refractivity contribution in [2.24, 2.45) is 5.73 Å². The first-order valence-electron chi connectivity index (χ1n) is 9.14. The number of carbonyl (C=O) groups excluding carboxylic acids is 3. The third-order valence-corrected chi connectivity index (χ3v) is 4.48. The Kier molecular flexibility index (Phi) is 8.73. The van der Waals surface area contributed by atoms with E-state index in [0.717, 1.165) is 38.0 Å². The Labute approximate surface area is 159 Å². The maximum Gasteiger partial charge on any atom is 0.333 e.